The van der Waals surface area contributed by atoms with Crippen LogP contribution in [0.15, 0.2) is 35.2 Å². The van der Waals surface area contributed by atoms with E-state index in [4.69, 9.17) is 5.73 Å². The number of anilines is 2. The molecule has 4 nitrogen and oxygen atoms in total. The second-order valence-corrected chi connectivity index (χ2v) is 6.03. The summed E-state index contributed by atoms with van der Waals surface area (Å²) in [5, 5.41) is 0. The van der Waals surface area contributed by atoms with Crippen molar-refractivity contribution in [2.45, 2.75) is 11.8 Å². The molecule has 112 valence electrons. The van der Waals surface area contributed by atoms with Gasteiger partial charge in [0.05, 0.1) is 16.3 Å². The molecule has 0 heterocycles. The third kappa shape index (κ3) is 2.94. The van der Waals surface area contributed by atoms with Gasteiger partial charge in [-0.1, -0.05) is 6.07 Å². The van der Waals surface area contributed by atoms with E-state index in [9.17, 15) is 21.6 Å². The van der Waals surface area contributed by atoms with Gasteiger partial charge in [0.2, 0.25) is 0 Å². The molecule has 2 aromatic rings. The number of aryl methyl sites for hydroxylation is 1. The first-order chi connectivity index (χ1) is 9.72. The molecule has 0 spiro atoms. The lowest BCUT2D eigenvalue weighted by molar-refractivity contribution is 0.511. The van der Waals surface area contributed by atoms with Gasteiger partial charge in [-0.25, -0.2) is 21.6 Å². The summed E-state index contributed by atoms with van der Waals surface area (Å²) in [4.78, 5) is -0.345. The van der Waals surface area contributed by atoms with Crippen molar-refractivity contribution in [1.29, 1.82) is 0 Å². The molecule has 2 rings (SSSR count). The molecular weight excluding hydrogens is 305 g/mol. The quantitative estimate of drug-likeness (QED) is 0.855. The van der Waals surface area contributed by atoms with Crippen LogP contribution in [-0.4, -0.2) is 8.42 Å². The number of hydrogen-bond donors (Lipinski definition) is 2. The van der Waals surface area contributed by atoms with Crippen LogP contribution < -0.4 is 10.5 Å². The maximum Gasteiger partial charge on any atom is 0.262 e. The first-order valence-electron chi connectivity index (χ1n) is 5.75. The third-order valence-electron chi connectivity index (χ3n) is 2.76. The topological polar surface area (TPSA) is 72.2 Å². The Morgan fingerprint density at radius 2 is 1.76 bits per heavy atom. The van der Waals surface area contributed by atoms with Gasteiger partial charge in [-0.05, 0) is 36.8 Å². The Hall–Kier alpha value is -2.22. The number of nitrogens with two attached hydrogens (primary N) is 1. The van der Waals surface area contributed by atoms with Gasteiger partial charge in [0.15, 0.2) is 11.6 Å². The van der Waals surface area contributed by atoms with Crippen LogP contribution >= 0.6 is 0 Å². The molecule has 0 amide bonds. The summed E-state index contributed by atoms with van der Waals surface area (Å²) in [6.45, 7) is 1.34. The Balaban J connectivity index is 2.46. The van der Waals surface area contributed by atoms with Crippen molar-refractivity contribution in [3.8, 4) is 0 Å². The van der Waals surface area contributed by atoms with Gasteiger partial charge in [-0.15, -0.1) is 0 Å². The fraction of sp³-hybridized carbons (Fsp3) is 0.0769. The minimum Gasteiger partial charge on any atom is -0.396 e. The zero-order valence-electron chi connectivity index (χ0n) is 10.8. The van der Waals surface area contributed by atoms with Gasteiger partial charge < -0.3 is 5.73 Å². The molecule has 3 N–H and O–H groups in total. The summed E-state index contributed by atoms with van der Waals surface area (Å²) in [7, 11) is -4.22. The predicted molar refractivity (Wildman–Crippen MR) is 72.7 cm³/mol. The monoisotopic (exact) mass is 316 g/mol. The summed E-state index contributed by atoms with van der Waals surface area (Å²) < 4.78 is 66.0. The minimum absolute atomic E-state index is 0.0232. The van der Waals surface area contributed by atoms with Crippen molar-refractivity contribution < 1.29 is 21.6 Å². The van der Waals surface area contributed by atoms with Gasteiger partial charge >= 0.3 is 0 Å². The molecule has 0 atom stereocenters. The first kappa shape index (κ1) is 15.2. The molecule has 0 aromatic heterocycles. The average Bonchev–Trinajstić information content (AvgIpc) is 2.40. The summed E-state index contributed by atoms with van der Waals surface area (Å²) in [6.07, 6.45) is 0. The number of nitrogen functional groups attached to an aromatic ring is 1. The standard InChI is InChI=1S/C13H11F3N2O2S/c1-7-5-8(6-10(17)12(7)15)21(19,20)18-11-4-2-3-9(14)13(11)16/h2-6,18H,17H2,1H3. The minimum atomic E-state index is -4.22. The average molecular weight is 316 g/mol. The molecule has 0 unspecified atom stereocenters. The SMILES string of the molecule is Cc1cc(S(=O)(=O)Nc2cccc(F)c2F)cc(N)c1F. The van der Waals surface area contributed by atoms with Gasteiger partial charge in [0.1, 0.15) is 5.82 Å². The molecule has 0 fully saturated rings. The van der Waals surface area contributed by atoms with Crippen LogP contribution in [0.4, 0.5) is 24.5 Å². The summed E-state index contributed by atoms with van der Waals surface area (Å²) in [5.74, 6) is -3.25. The van der Waals surface area contributed by atoms with E-state index >= 15 is 0 Å². The maximum absolute atomic E-state index is 13.5. The fourth-order valence-electron chi connectivity index (χ4n) is 1.70. The Kier molecular flexibility index (Phi) is 3.82. The number of rotatable bonds is 3. The molecule has 0 saturated heterocycles. The van der Waals surface area contributed by atoms with Crippen LogP contribution in [0.3, 0.4) is 0 Å². The highest BCUT2D eigenvalue weighted by Gasteiger charge is 2.20. The predicted octanol–water partition coefficient (Wildman–Crippen LogP) is 2.80. The highest BCUT2D eigenvalue weighted by atomic mass is 32.2. The largest absolute Gasteiger partial charge is 0.396 e. The lowest BCUT2D eigenvalue weighted by Gasteiger charge is -2.11. The van der Waals surface area contributed by atoms with Gasteiger partial charge in [-0.3, -0.25) is 4.72 Å². The molecule has 0 bridgehead atoms. The van der Waals surface area contributed by atoms with Crippen molar-refractivity contribution in [3.63, 3.8) is 0 Å². The lowest BCUT2D eigenvalue weighted by Crippen LogP contribution is -2.15. The molecular formula is C13H11F3N2O2S. The second-order valence-electron chi connectivity index (χ2n) is 4.35. The van der Waals surface area contributed by atoms with Crippen LogP contribution in [0.1, 0.15) is 5.56 Å². The van der Waals surface area contributed by atoms with E-state index in [1.54, 1.807) is 0 Å². The van der Waals surface area contributed by atoms with E-state index in [1.165, 1.54) is 6.92 Å². The van der Waals surface area contributed by atoms with Gasteiger partial charge in [-0.2, -0.15) is 0 Å². The van der Waals surface area contributed by atoms with Crippen molar-refractivity contribution in [2.75, 3.05) is 10.5 Å². The zero-order chi connectivity index (χ0) is 15.8. The van der Waals surface area contributed by atoms with Crippen LogP contribution in [0.2, 0.25) is 0 Å². The number of hydrogen-bond acceptors (Lipinski definition) is 3. The molecule has 21 heavy (non-hydrogen) atoms. The Morgan fingerprint density at radius 3 is 2.38 bits per heavy atom. The Morgan fingerprint density at radius 1 is 1.10 bits per heavy atom. The molecule has 0 radical (unpaired) electrons. The molecule has 0 saturated carbocycles. The highest BCUT2D eigenvalue weighted by Crippen LogP contribution is 2.24. The van der Waals surface area contributed by atoms with Crippen LogP contribution in [0.25, 0.3) is 0 Å². The van der Waals surface area contributed by atoms with Crippen LogP contribution in [0.5, 0.6) is 0 Å². The number of halogens is 3. The maximum atomic E-state index is 13.5. The molecule has 8 heteroatoms. The third-order valence-corrected chi connectivity index (χ3v) is 4.11. The smallest absolute Gasteiger partial charge is 0.262 e. The lowest BCUT2D eigenvalue weighted by atomic mass is 10.2. The van der Waals surface area contributed by atoms with E-state index in [0.29, 0.717) is 0 Å². The number of nitrogens with one attached hydrogen (secondary N) is 1. The number of benzene rings is 2. The van der Waals surface area contributed by atoms with E-state index in [2.05, 4.69) is 0 Å². The Bertz CT molecular complexity index is 784. The van der Waals surface area contributed by atoms with Crippen molar-refractivity contribution in [2.24, 2.45) is 0 Å². The molecule has 2 aromatic carbocycles. The molecule has 0 aliphatic heterocycles. The normalized spacial score (nSPS) is 11.4. The fourth-order valence-corrected chi connectivity index (χ4v) is 2.88. The van der Waals surface area contributed by atoms with Crippen LogP contribution in [0, 0.1) is 24.4 Å². The van der Waals surface area contributed by atoms with E-state index in [-0.39, 0.29) is 16.1 Å². The van der Waals surface area contributed by atoms with Gasteiger partial charge in [0.25, 0.3) is 10.0 Å². The summed E-state index contributed by atoms with van der Waals surface area (Å²) >= 11 is 0. The molecule has 0 aliphatic rings. The second kappa shape index (κ2) is 5.28. The van der Waals surface area contributed by atoms with E-state index in [1.807, 2.05) is 4.72 Å². The van der Waals surface area contributed by atoms with Crippen LogP contribution in [-0.2, 0) is 10.0 Å². The number of sulfonamides is 1. The van der Waals surface area contributed by atoms with E-state index in [0.717, 1.165) is 30.3 Å². The van der Waals surface area contributed by atoms with Crippen molar-refractivity contribution in [1.82, 2.24) is 0 Å². The highest BCUT2D eigenvalue weighted by molar-refractivity contribution is 7.92. The van der Waals surface area contributed by atoms with Gasteiger partial charge in [0, 0.05) is 0 Å². The summed E-state index contributed by atoms with van der Waals surface area (Å²) in [6, 6.07) is 5.02. The van der Waals surface area contributed by atoms with Crippen molar-refractivity contribution >= 4 is 21.4 Å². The Labute approximate surface area is 119 Å². The van der Waals surface area contributed by atoms with E-state index < -0.39 is 33.2 Å². The molecule has 0 aliphatic carbocycles. The first-order valence-corrected chi connectivity index (χ1v) is 7.23. The summed E-state index contributed by atoms with van der Waals surface area (Å²) in [5.41, 5.74) is 4.49. The zero-order valence-corrected chi connectivity index (χ0v) is 11.6. The van der Waals surface area contributed by atoms with Crippen molar-refractivity contribution in [3.05, 3.63) is 53.3 Å².